The highest BCUT2D eigenvalue weighted by atomic mass is 32.2. The highest BCUT2D eigenvalue weighted by molar-refractivity contribution is 7.92. The van der Waals surface area contributed by atoms with Crippen LogP contribution >= 0.6 is 0 Å². The number of anilines is 1. The highest BCUT2D eigenvalue weighted by Gasteiger charge is 2.31. The second kappa shape index (κ2) is 6.12. The van der Waals surface area contributed by atoms with E-state index in [9.17, 15) is 21.6 Å². The van der Waals surface area contributed by atoms with E-state index in [-0.39, 0.29) is 10.6 Å². The Hall–Kier alpha value is -2.02. The maximum atomic E-state index is 12.8. The normalized spacial score (nSPS) is 12.3. The third kappa shape index (κ3) is 3.56. The van der Waals surface area contributed by atoms with E-state index in [1.807, 2.05) is 6.07 Å². The van der Waals surface area contributed by atoms with Crippen LogP contribution in [0.2, 0.25) is 0 Å². The molecule has 2 rings (SSSR count). The molecule has 3 nitrogen and oxygen atoms in total. The van der Waals surface area contributed by atoms with Gasteiger partial charge in [-0.3, -0.25) is 4.72 Å². The first-order valence-electron chi connectivity index (χ1n) is 7.21. The zero-order valence-electron chi connectivity index (χ0n) is 13.7. The largest absolute Gasteiger partial charge is 0.416 e. The van der Waals surface area contributed by atoms with Crippen molar-refractivity contribution in [1.82, 2.24) is 0 Å². The van der Waals surface area contributed by atoms with Gasteiger partial charge in [0.25, 0.3) is 10.0 Å². The van der Waals surface area contributed by atoms with Gasteiger partial charge in [0.05, 0.1) is 10.5 Å². The zero-order chi connectivity index (χ0) is 18.3. The van der Waals surface area contributed by atoms with Gasteiger partial charge in [-0.25, -0.2) is 8.42 Å². The van der Waals surface area contributed by atoms with Gasteiger partial charge in [0.1, 0.15) is 0 Å². The standard InChI is InChI=1S/C17H18F3NO2S/c1-10-8-11(2)13(4)16(12(10)3)24(22,23)21-15-7-5-6-14(9-15)17(18,19)20/h5-9,21H,1-4H3. The molecule has 0 aliphatic rings. The van der Waals surface area contributed by atoms with Crippen LogP contribution in [-0.4, -0.2) is 8.42 Å². The van der Waals surface area contributed by atoms with E-state index in [0.717, 1.165) is 23.3 Å². The summed E-state index contributed by atoms with van der Waals surface area (Å²) in [6.45, 7) is 6.96. The predicted molar refractivity (Wildman–Crippen MR) is 87.6 cm³/mol. The fourth-order valence-corrected chi connectivity index (χ4v) is 4.22. The molecule has 0 bridgehead atoms. The number of nitrogens with one attached hydrogen (secondary N) is 1. The van der Waals surface area contributed by atoms with Gasteiger partial charge >= 0.3 is 6.18 Å². The maximum Gasteiger partial charge on any atom is 0.416 e. The topological polar surface area (TPSA) is 46.2 Å². The van der Waals surface area contributed by atoms with E-state index in [2.05, 4.69) is 4.72 Å². The Bertz CT molecular complexity index is 861. The first-order chi connectivity index (χ1) is 10.9. The molecule has 130 valence electrons. The Morgan fingerprint density at radius 2 is 1.46 bits per heavy atom. The van der Waals surface area contributed by atoms with Crippen LogP contribution in [0, 0.1) is 27.7 Å². The van der Waals surface area contributed by atoms with Crippen molar-refractivity contribution in [3.05, 3.63) is 58.1 Å². The molecule has 0 aromatic heterocycles. The van der Waals surface area contributed by atoms with E-state index < -0.39 is 21.8 Å². The predicted octanol–water partition coefficient (Wildman–Crippen LogP) is 4.74. The third-order valence-corrected chi connectivity index (χ3v) is 5.66. The Balaban J connectivity index is 2.51. The van der Waals surface area contributed by atoms with Crippen LogP contribution in [-0.2, 0) is 16.2 Å². The first-order valence-corrected chi connectivity index (χ1v) is 8.69. The summed E-state index contributed by atoms with van der Waals surface area (Å²) in [5.74, 6) is 0. The van der Waals surface area contributed by atoms with Gasteiger partial charge in [0, 0.05) is 5.69 Å². The summed E-state index contributed by atoms with van der Waals surface area (Å²) >= 11 is 0. The van der Waals surface area contributed by atoms with E-state index in [0.29, 0.717) is 11.1 Å². The molecular weight excluding hydrogens is 339 g/mol. The lowest BCUT2D eigenvalue weighted by molar-refractivity contribution is -0.137. The minimum absolute atomic E-state index is 0.109. The van der Waals surface area contributed by atoms with Gasteiger partial charge in [0.15, 0.2) is 0 Å². The molecule has 0 fully saturated rings. The molecule has 1 N–H and O–H groups in total. The van der Waals surface area contributed by atoms with Crippen LogP contribution in [0.25, 0.3) is 0 Å². The lowest BCUT2D eigenvalue weighted by atomic mass is 10.0. The smallest absolute Gasteiger partial charge is 0.280 e. The average molecular weight is 357 g/mol. The second-order valence-corrected chi connectivity index (χ2v) is 7.39. The molecule has 0 aliphatic carbocycles. The van der Waals surface area contributed by atoms with Gasteiger partial charge < -0.3 is 0 Å². The van der Waals surface area contributed by atoms with Crippen LogP contribution in [0.15, 0.2) is 35.2 Å². The molecule has 7 heteroatoms. The summed E-state index contributed by atoms with van der Waals surface area (Å²) in [5.41, 5.74) is 1.75. The molecule has 0 radical (unpaired) electrons. The number of aryl methyl sites for hydroxylation is 2. The molecule has 0 spiro atoms. The number of rotatable bonds is 3. The van der Waals surface area contributed by atoms with Crippen LogP contribution in [0.4, 0.5) is 18.9 Å². The summed E-state index contributed by atoms with van der Waals surface area (Å²) in [6, 6.07) is 6.02. The fourth-order valence-electron chi connectivity index (χ4n) is 2.55. The van der Waals surface area contributed by atoms with Crippen molar-refractivity contribution in [2.75, 3.05) is 4.72 Å². The van der Waals surface area contributed by atoms with Crippen LogP contribution in [0.5, 0.6) is 0 Å². The summed E-state index contributed by atoms with van der Waals surface area (Å²) in [7, 11) is -4.00. The average Bonchev–Trinajstić information content (AvgIpc) is 2.44. The van der Waals surface area contributed by atoms with Gasteiger partial charge in [-0.05, 0) is 68.1 Å². The molecule has 2 aromatic carbocycles. The molecule has 24 heavy (non-hydrogen) atoms. The summed E-state index contributed by atoms with van der Waals surface area (Å²) in [4.78, 5) is 0.109. The quantitative estimate of drug-likeness (QED) is 0.862. The Morgan fingerprint density at radius 1 is 0.917 bits per heavy atom. The Labute approximate surface area is 139 Å². The lowest BCUT2D eigenvalue weighted by Crippen LogP contribution is -2.17. The molecule has 0 aliphatic heterocycles. The van der Waals surface area contributed by atoms with Gasteiger partial charge in [-0.2, -0.15) is 13.2 Å². The van der Waals surface area contributed by atoms with Crippen molar-refractivity contribution in [3.63, 3.8) is 0 Å². The Morgan fingerprint density at radius 3 is 1.96 bits per heavy atom. The maximum absolute atomic E-state index is 12.8. The molecule has 2 aromatic rings. The number of halogens is 3. The van der Waals surface area contributed by atoms with Crippen molar-refractivity contribution in [3.8, 4) is 0 Å². The van der Waals surface area contributed by atoms with E-state index in [4.69, 9.17) is 0 Å². The van der Waals surface area contributed by atoms with Crippen LogP contribution in [0.1, 0.15) is 27.8 Å². The number of alkyl halides is 3. The van der Waals surface area contributed by atoms with Crippen molar-refractivity contribution in [2.45, 2.75) is 38.8 Å². The molecule has 0 amide bonds. The number of hydrogen-bond acceptors (Lipinski definition) is 2. The van der Waals surface area contributed by atoms with Gasteiger partial charge in [-0.1, -0.05) is 12.1 Å². The van der Waals surface area contributed by atoms with Crippen molar-refractivity contribution in [2.24, 2.45) is 0 Å². The lowest BCUT2D eigenvalue weighted by Gasteiger charge is -2.17. The Kier molecular flexibility index (Phi) is 4.68. The summed E-state index contributed by atoms with van der Waals surface area (Å²) in [5, 5.41) is 0. The van der Waals surface area contributed by atoms with Crippen molar-refractivity contribution < 1.29 is 21.6 Å². The van der Waals surface area contributed by atoms with E-state index in [1.165, 1.54) is 12.1 Å². The van der Waals surface area contributed by atoms with Crippen LogP contribution in [0.3, 0.4) is 0 Å². The molecule has 0 saturated carbocycles. The first kappa shape index (κ1) is 18.3. The zero-order valence-corrected chi connectivity index (χ0v) is 14.6. The number of hydrogen-bond donors (Lipinski definition) is 1. The third-order valence-electron chi connectivity index (χ3n) is 4.01. The van der Waals surface area contributed by atoms with E-state index >= 15 is 0 Å². The summed E-state index contributed by atoms with van der Waals surface area (Å²) < 4.78 is 66.0. The molecule has 0 unspecified atom stereocenters. The minimum atomic E-state index is -4.53. The monoisotopic (exact) mass is 357 g/mol. The molecule has 0 atom stereocenters. The fraction of sp³-hybridized carbons (Fsp3) is 0.294. The summed E-state index contributed by atoms with van der Waals surface area (Å²) in [6.07, 6.45) is -4.53. The molecule has 0 saturated heterocycles. The molecular formula is C17H18F3NO2S. The number of benzene rings is 2. The number of sulfonamides is 1. The SMILES string of the molecule is Cc1cc(C)c(C)c(S(=O)(=O)Nc2cccc(C(F)(F)F)c2)c1C. The van der Waals surface area contributed by atoms with Gasteiger partial charge in [-0.15, -0.1) is 0 Å². The van der Waals surface area contributed by atoms with Crippen molar-refractivity contribution >= 4 is 15.7 Å². The minimum Gasteiger partial charge on any atom is -0.280 e. The van der Waals surface area contributed by atoms with Crippen molar-refractivity contribution in [1.29, 1.82) is 0 Å². The second-order valence-electron chi connectivity index (χ2n) is 5.77. The van der Waals surface area contributed by atoms with E-state index in [1.54, 1.807) is 27.7 Å². The highest BCUT2D eigenvalue weighted by Crippen LogP contribution is 2.32. The van der Waals surface area contributed by atoms with Gasteiger partial charge in [0.2, 0.25) is 0 Å². The molecule has 0 heterocycles. The van der Waals surface area contributed by atoms with Crippen LogP contribution < -0.4 is 4.72 Å².